The van der Waals surface area contributed by atoms with Crippen molar-refractivity contribution in [2.24, 2.45) is 14.1 Å². The molecule has 0 saturated carbocycles. The molecule has 1 atom stereocenters. The van der Waals surface area contributed by atoms with Crippen molar-refractivity contribution in [2.45, 2.75) is 25.8 Å². The first-order valence-electron chi connectivity index (χ1n) is 6.98. The maximum absolute atomic E-state index is 12.2. The fourth-order valence-electron chi connectivity index (χ4n) is 2.27. The zero-order valence-corrected chi connectivity index (χ0v) is 12.8. The maximum Gasteiger partial charge on any atom is 0.328 e. The van der Waals surface area contributed by atoms with Crippen LogP contribution in [-0.4, -0.2) is 25.2 Å². The number of nitrogens with one attached hydrogen (secondary N) is 2. The molecule has 0 radical (unpaired) electrons. The molecule has 1 amide bonds. The number of hydrogen-bond donors (Lipinski definition) is 2. The summed E-state index contributed by atoms with van der Waals surface area (Å²) in [4.78, 5) is 37.8. The Labute approximate surface area is 126 Å². The zero-order valence-electron chi connectivity index (χ0n) is 12.8. The van der Waals surface area contributed by atoms with Gasteiger partial charge in [-0.05, 0) is 12.5 Å². The van der Waals surface area contributed by atoms with Crippen molar-refractivity contribution in [2.75, 3.05) is 0 Å². The molecule has 0 aliphatic heterocycles. The van der Waals surface area contributed by atoms with Crippen LogP contribution < -0.4 is 16.6 Å². The highest BCUT2D eigenvalue weighted by atomic mass is 16.2. The quantitative estimate of drug-likeness (QED) is 0.786. The minimum Gasteiger partial charge on any atom is -0.347 e. The predicted octanol–water partition coefficient (Wildman–Crippen LogP) is -0.383. The lowest BCUT2D eigenvalue weighted by Gasteiger charge is -2.17. The molecule has 2 aromatic heterocycles. The van der Waals surface area contributed by atoms with Gasteiger partial charge in [-0.3, -0.25) is 18.8 Å². The lowest BCUT2D eigenvalue weighted by Crippen LogP contribution is -2.37. The molecule has 22 heavy (non-hydrogen) atoms. The molecular formula is C14H19N5O3. The minimum atomic E-state index is -0.504. The Morgan fingerprint density at radius 2 is 2.14 bits per heavy atom. The Bertz CT molecular complexity index is 786. The van der Waals surface area contributed by atoms with Crippen molar-refractivity contribution in [3.63, 3.8) is 0 Å². The highest BCUT2D eigenvalue weighted by Crippen LogP contribution is 2.15. The minimum absolute atomic E-state index is 0.0855. The summed E-state index contributed by atoms with van der Waals surface area (Å²) in [6, 6.07) is 1.67. The lowest BCUT2D eigenvalue weighted by atomic mass is 10.1. The smallest absolute Gasteiger partial charge is 0.328 e. The van der Waals surface area contributed by atoms with Crippen LogP contribution in [0.3, 0.4) is 0 Å². The van der Waals surface area contributed by atoms with Crippen LogP contribution in [0.5, 0.6) is 0 Å². The molecule has 1 unspecified atom stereocenters. The summed E-state index contributed by atoms with van der Waals surface area (Å²) in [6.45, 7) is 1.96. The number of rotatable bonds is 5. The molecule has 0 fully saturated rings. The van der Waals surface area contributed by atoms with Gasteiger partial charge < -0.3 is 10.3 Å². The highest BCUT2D eigenvalue weighted by Gasteiger charge is 2.17. The normalized spacial score (nSPS) is 12.1. The first-order valence-corrected chi connectivity index (χ1v) is 6.98. The van der Waals surface area contributed by atoms with Crippen LogP contribution in [0.15, 0.2) is 28.0 Å². The first-order chi connectivity index (χ1) is 10.4. The number of aromatic nitrogens is 4. The molecule has 2 rings (SSSR count). The number of hydrogen-bond acceptors (Lipinski definition) is 4. The molecule has 2 heterocycles. The van der Waals surface area contributed by atoms with Gasteiger partial charge in [0.05, 0.1) is 18.2 Å². The molecule has 0 aliphatic carbocycles. The van der Waals surface area contributed by atoms with Crippen LogP contribution in [0.2, 0.25) is 0 Å². The Kier molecular flexibility index (Phi) is 4.59. The summed E-state index contributed by atoms with van der Waals surface area (Å²) in [6.07, 6.45) is 3.57. The van der Waals surface area contributed by atoms with Gasteiger partial charge in [-0.15, -0.1) is 0 Å². The van der Waals surface area contributed by atoms with Gasteiger partial charge in [-0.1, -0.05) is 6.92 Å². The molecule has 0 aromatic carbocycles. The highest BCUT2D eigenvalue weighted by molar-refractivity contribution is 5.78. The topological polar surface area (TPSA) is 102 Å². The van der Waals surface area contributed by atoms with E-state index in [0.717, 1.165) is 10.3 Å². The van der Waals surface area contributed by atoms with Gasteiger partial charge >= 0.3 is 5.69 Å². The van der Waals surface area contributed by atoms with Crippen LogP contribution in [-0.2, 0) is 25.3 Å². The van der Waals surface area contributed by atoms with E-state index in [9.17, 15) is 14.4 Å². The zero-order chi connectivity index (χ0) is 16.3. The number of carbonyl (C=O) groups is 1. The third-order valence-electron chi connectivity index (χ3n) is 3.56. The van der Waals surface area contributed by atoms with Crippen LogP contribution >= 0.6 is 0 Å². The van der Waals surface area contributed by atoms with Crippen molar-refractivity contribution in [1.29, 1.82) is 0 Å². The largest absolute Gasteiger partial charge is 0.347 e. The molecule has 0 spiro atoms. The Hall–Kier alpha value is -2.64. The summed E-state index contributed by atoms with van der Waals surface area (Å²) >= 11 is 0. The van der Waals surface area contributed by atoms with Gasteiger partial charge in [-0.25, -0.2) is 4.79 Å². The van der Waals surface area contributed by atoms with Gasteiger partial charge in [0.2, 0.25) is 5.91 Å². The van der Waals surface area contributed by atoms with Crippen molar-refractivity contribution in [3.8, 4) is 0 Å². The SMILES string of the molecule is CCC(NC(=O)Cc1c[nH]c(=O)n(C)c1=O)c1ccnn1C. The van der Waals surface area contributed by atoms with Crippen LogP contribution in [0.4, 0.5) is 0 Å². The third kappa shape index (κ3) is 3.16. The van der Waals surface area contributed by atoms with E-state index in [-0.39, 0.29) is 23.9 Å². The second-order valence-electron chi connectivity index (χ2n) is 5.07. The molecule has 0 aliphatic rings. The van der Waals surface area contributed by atoms with Gasteiger partial charge in [0.1, 0.15) is 0 Å². The first kappa shape index (κ1) is 15.7. The average Bonchev–Trinajstić information content (AvgIpc) is 2.91. The maximum atomic E-state index is 12.2. The van der Waals surface area contributed by atoms with Crippen LogP contribution in [0.25, 0.3) is 0 Å². The number of carbonyl (C=O) groups excluding carboxylic acids is 1. The standard InChI is InChI=1S/C14H19N5O3/c1-4-10(11-5-6-16-19(11)3)17-12(20)7-9-8-15-14(22)18(2)13(9)21/h5-6,8,10H,4,7H2,1-3H3,(H,15,22)(H,17,20). The lowest BCUT2D eigenvalue weighted by molar-refractivity contribution is -0.121. The number of nitrogens with zero attached hydrogens (tertiary/aromatic N) is 3. The Morgan fingerprint density at radius 1 is 1.41 bits per heavy atom. The fourth-order valence-corrected chi connectivity index (χ4v) is 2.27. The molecule has 0 saturated heterocycles. The van der Waals surface area contributed by atoms with E-state index in [0.29, 0.717) is 6.42 Å². The van der Waals surface area contributed by atoms with Crippen molar-refractivity contribution in [1.82, 2.24) is 24.6 Å². The van der Waals surface area contributed by atoms with Crippen molar-refractivity contribution in [3.05, 3.63) is 50.6 Å². The number of aryl methyl sites for hydroxylation is 1. The summed E-state index contributed by atoms with van der Waals surface area (Å²) in [7, 11) is 3.18. The molecule has 2 N–H and O–H groups in total. The van der Waals surface area contributed by atoms with Crippen LogP contribution in [0, 0.1) is 0 Å². The Morgan fingerprint density at radius 3 is 2.73 bits per heavy atom. The third-order valence-corrected chi connectivity index (χ3v) is 3.56. The molecular weight excluding hydrogens is 286 g/mol. The van der Waals surface area contributed by atoms with Crippen molar-refractivity contribution >= 4 is 5.91 Å². The fraction of sp³-hybridized carbons (Fsp3) is 0.429. The summed E-state index contributed by atoms with van der Waals surface area (Å²) in [5, 5.41) is 6.96. The van der Waals surface area contributed by atoms with E-state index in [4.69, 9.17) is 0 Å². The molecule has 118 valence electrons. The number of aromatic amines is 1. The van der Waals surface area contributed by atoms with Crippen molar-refractivity contribution < 1.29 is 4.79 Å². The molecule has 8 heteroatoms. The van der Waals surface area contributed by atoms with E-state index < -0.39 is 11.2 Å². The van der Waals surface area contributed by atoms with Gasteiger partial charge in [0.25, 0.3) is 5.56 Å². The van der Waals surface area contributed by atoms with E-state index in [1.54, 1.807) is 10.9 Å². The second-order valence-corrected chi connectivity index (χ2v) is 5.07. The average molecular weight is 305 g/mol. The molecule has 0 bridgehead atoms. The van der Waals surface area contributed by atoms with Crippen LogP contribution in [0.1, 0.15) is 30.6 Å². The van der Waals surface area contributed by atoms with E-state index in [2.05, 4.69) is 15.4 Å². The van der Waals surface area contributed by atoms with E-state index in [1.165, 1.54) is 13.2 Å². The summed E-state index contributed by atoms with van der Waals surface area (Å²) in [5.74, 6) is -0.280. The predicted molar refractivity (Wildman–Crippen MR) is 80.4 cm³/mol. The molecule has 8 nitrogen and oxygen atoms in total. The van der Waals surface area contributed by atoms with Gasteiger partial charge in [-0.2, -0.15) is 5.10 Å². The Balaban J connectivity index is 2.13. The van der Waals surface area contributed by atoms with E-state index >= 15 is 0 Å². The second kappa shape index (κ2) is 6.42. The monoisotopic (exact) mass is 305 g/mol. The summed E-state index contributed by atoms with van der Waals surface area (Å²) < 4.78 is 2.65. The number of H-pyrrole nitrogens is 1. The summed E-state index contributed by atoms with van der Waals surface area (Å²) in [5.41, 5.74) is 0.174. The number of amides is 1. The molecule has 2 aromatic rings. The van der Waals surface area contributed by atoms with Gasteiger partial charge in [0.15, 0.2) is 0 Å². The van der Waals surface area contributed by atoms with E-state index in [1.807, 2.05) is 20.0 Å². The van der Waals surface area contributed by atoms with Gasteiger partial charge in [0, 0.05) is 32.1 Å².